The van der Waals surface area contributed by atoms with Gasteiger partial charge < -0.3 is 0 Å². The summed E-state index contributed by atoms with van der Waals surface area (Å²) in [5.41, 5.74) is -1.31. The molecule has 0 unspecified atom stereocenters. The van der Waals surface area contributed by atoms with Gasteiger partial charge in [0, 0.05) is 0 Å². The van der Waals surface area contributed by atoms with E-state index in [9.17, 15) is 13.2 Å². The van der Waals surface area contributed by atoms with Crippen molar-refractivity contribution in [3.05, 3.63) is 0 Å². The van der Waals surface area contributed by atoms with E-state index in [-0.39, 0.29) is 0 Å². The minimum atomic E-state index is -3.95. The maximum Gasteiger partial charge on any atom is 0.394 e. The van der Waals surface area contributed by atoms with Crippen molar-refractivity contribution in [3.8, 4) is 0 Å². The highest BCUT2D eigenvalue weighted by atomic mass is 19.4. The fourth-order valence-corrected chi connectivity index (χ4v) is 0.471. The average molecular weight is 124 g/mol. The Morgan fingerprint density at radius 3 is 1.62 bits per heavy atom. The number of alkyl halides is 3. The number of hydrogen-bond donors (Lipinski definition) is 0. The molecule has 1 rings (SSSR count). The van der Waals surface area contributed by atoms with Crippen molar-refractivity contribution in [3.63, 3.8) is 0 Å². The lowest BCUT2D eigenvalue weighted by molar-refractivity contribution is -0.181. The summed E-state index contributed by atoms with van der Waals surface area (Å²) in [6.07, 6.45) is -3.32. The molecule has 0 bridgehead atoms. The monoisotopic (exact) mass is 124 g/mol. The van der Waals surface area contributed by atoms with E-state index < -0.39 is 11.6 Å². The highest BCUT2D eigenvalue weighted by Gasteiger charge is 2.59. The lowest BCUT2D eigenvalue weighted by Crippen LogP contribution is -2.20. The molecular formula is C5H7F3. The van der Waals surface area contributed by atoms with E-state index >= 15 is 0 Å². The Labute approximate surface area is 45.7 Å². The summed E-state index contributed by atoms with van der Waals surface area (Å²) in [7, 11) is 0. The summed E-state index contributed by atoms with van der Waals surface area (Å²) in [5, 5.41) is 0. The first kappa shape index (κ1) is 5.92. The molecule has 0 radical (unpaired) electrons. The molecule has 0 aromatic carbocycles. The molecule has 0 heterocycles. The fraction of sp³-hybridized carbons (Fsp3) is 1.00. The topological polar surface area (TPSA) is 0 Å². The van der Waals surface area contributed by atoms with Crippen molar-refractivity contribution in [2.45, 2.75) is 25.9 Å². The third kappa shape index (κ3) is 0.699. The SMILES string of the molecule is CC1(C(F)(F)F)CC1. The van der Waals surface area contributed by atoms with E-state index in [0.717, 1.165) is 0 Å². The number of rotatable bonds is 0. The Bertz CT molecular complexity index is 95.5. The molecule has 1 aliphatic carbocycles. The van der Waals surface area contributed by atoms with Gasteiger partial charge in [0.2, 0.25) is 0 Å². The molecule has 0 amide bonds. The molecule has 0 N–H and O–H groups in total. The van der Waals surface area contributed by atoms with Crippen LogP contribution in [0.4, 0.5) is 13.2 Å². The normalized spacial score (nSPS) is 25.5. The van der Waals surface area contributed by atoms with Gasteiger partial charge in [0.05, 0.1) is 5.41 Å². The molecule has 0 aliphatic heterocycles. The second kappa shape index (κ2) is 1.20. The van der Waals surface area contributed by atoms with Gasteiger partial charge in [-0.1, -0.05) is 6.92 Å². The third-order valence-electron chi connectivity index (χ3n) is 1.68. The fourth-order valence-electron chi connectivity index (χ4n) is 0.471. The summed E-state index contributed by atoms with van der Waals surface area (Å²) in [5.74, 6) is 0. The van der Waals surface area contributed by atoms with Gasteiger partial charge in [-0.15, -0.1) is 0 Å². The van der Waals surface area contributed by atoms with Crippen LogP contribution >= 0.6 is 0 Å². The summed E-state index contributed by atoms with van der Waals surface area (Å²) < 4.78 is 34.9. The van der Waals surface area contributed by atoms with Crippen molar-refractivity contribution in [2.75, 3.05) is 0 Å². The predicted molar refractivity (Wildman–Crippen MR) is 23.4 cm³/mol. The molecule has 0 saturated heterocycles. The summed E-state index contributed by atoms with van der Waals surface area (Å²) >= 11 is 0. The van der Waals surface area contributed by atoms with Crippen LogP contribution in [0.5, 0.6) is 0 Å². The minimum Gasteiger partial charge on any atom is -0.171 e. The first-order chi connectivity index (χ1) is 3.46. The van der Waals surface area contributed by atoms with Gasteiger partial charge >= 0.3 is 6.18 Å². The van der Waals surface area contributed by atoms with Crippen LogP contribution in [0, 0.1) is 5.41 Å². The van der Waals surface area contributed by atoms with E-state index in [4.69, 9.17) is 0 Å². The van der Waals surface area contributed by atoms with E-state index in [1.807, 2.05) is 0 Å². The summed E-state index contributed by atoms with van der Waals surface area (Å²) in [6.45, 7) is 1.26. The lowest BCUT2D eigenvalue weighted by Gasteiger charge is -2.11. The Hall–Kier alpha value is -0.210. The van der Waals surface area contributed by atoms with Crippen LogP contribution < -0.4 is 0 Å². The van der Waals surface area contributed by atoms with Gasteiger partial charge in [0.15, 0.2) is 0 Å². The van der Waals surface area contributed by atoms with Crippen molar-refractivity contribution >= 4 is 0 Å². The molecule has 0 spiro atoms. The van der Waals surface area contributed by atoms with Crippen LogP contribution in [0.1, 0.15) is 19.8 Å². The maximum atomic E-state index is 11.6. The third-order valence-corrected chi connectivity index (χ3v) is 1.68. The largest absolute Gasteiger partial charge is 0.394 e. The van der Waals surface area contributed by atoms with Crippen LogP contribution in [-0.2, 0) is 0 Å². The van der Waals surface area contributed by atoms with Crippen LogP contribution in [0.2, 0.25) is 0 Å². The molecule has 1 aliphatic rings. The second-order valence-electron chi connectivity index (χ2n) is 2.56. The number of hydrogen-bond acceptors (Lipinski definition) is 0. The molecule has 0 atom stereocenters. The van der Waals surface area contributed by atoms with Crippen molar-refractivity contribution in [2.24, 2.45) is 5.41 Å². The molecule has 1 saturated carbocycles. The predicted octanol–water partition coefficient (Wildman–Crippen LogP) is 2.35. The molecule has 3 heteroatoms. The standard InChI is InChI=1S/C5H7F3/c1-4(2-3-4)5(6,7)8/h2-3H2,1H3. The van der Waals surface area contributed by atoms with Crippen LogP contribution in [0.3, 0.4) is 0 Å². The van der Waals surface area contributed by atoms with Gasteiger partial charge in [0.1, 0.15) is 0 Å². The smallest absolute Gasteiger partial charge is 0.171 e. The summed E-state index contributed by atoms with van der Waals surface area (Å²) in [6, 6.07) is 0. The van der Waals surface area contributed by atoms with E-state index in [1.165, 1.54) is 6.92 Å². The molecule has 0 aromatic rings. The molecule has 48 valence electrons. The highest BCUT2D eigenvalue weighted by Crippen LogP contribution is 2.56. The molecule has 0 nitrogen and oxygen atoms in total. The van der Waals surface area contributed by atoms with Crippen molar-refractivity contribution in [1.82, 2.24) is 0 Å². The van der Waals surface area contributed by atoms with Gasteiger partial charge in [-0.2, -0.15) is 13.2 Å². The van der Waals surface area contributed by atoms with Gasteiger partial charge in [-0.05, 0) is 12.8 Å². The zero-order valence-electron chi connectivity index (χ0n) is 4.55. The Morgan fingerprint density at radius 1 is 1.25 bits per heavy atom. The first-order valence-electron chi connectivity index (χ1n) is 2.52. The Morgan fingerprint density at radius 2 is 1.62 bits per heavy atom. The zero-order valence-corrected chi connectivity index (χ0v) is 4.55. The minimum absolute atomic E-state index is 0.316. The second-order valence-corrected chi connectivity index (χ2v) is 2.56. The highest BCUT2D eigenvalue weighted by molar-refractivity contribution is 4.94. The molecular weight excluding hydrogens is 117 g/mol. The van der Waals surface area contributed by atoms with Crippen molar-refractivity contribution < 1.29 is 13.2 Å². The van der Waals surface area contributed by atoms with Gasteiger partial charge in [-0.3, -0.25) is 0 Å². The van der Waals surface area contributed by atoms with Crippen LogP contribution in [0.25, 0.3) is 0 Å². The van der Waals surface area contributed by atoms with Gasteiger partial charge in [-0.25, -0.2) is 0 Å². The van der Waals surface area contributed by atoms with E-state index in [2.05, 4.69) is 0 Å². The molecule has 8 heavy (non-hydrogen) atoms. The van der Waals surface area contributed by atoms with Crippen molar-refractivity contribution in [1.29, 1.82) is 0 Å². The average Bonchev–Trinajstić information content (AvgIpc) is 2.16. The quantitative estimate of drug-likeness (QED) is 0.465. The van der Waals surface area contributed by atoms with Crippen LogP contribution in [0.15, 0.2) is 0 Å². The molecule has 1 fully saturated rings. The molecule has 0 aromatic heterocycles. The lowest BCUT2D eigenvalue weighted by atomic mass is 10.1. The maximum absolute atomic E-state index is 11.6. The Kier molecular flexibility index (Phi) is 0.886. The Balaban J connectivity index is 2.58. The van der Waals surface area contributed by atoms with Gasteiger partial charge in [0.25, 0.3) is 0 Å². The zero-order chi connectivity index (χ0) is 6.41. The first-order valence-corrected chi connectivity index (χ1v) is 2.52. The van der Waals surface area contributed by atoms with E-state index in [0.29, 0.717) is 12.8 Å². The van der Waals surface area contributed by atoms with Crippen LogP contribution in [-0.4, -0.2) is 6.18 Å². The van der Waals surface area contributed by atoms with E-state index in [1.54, 1.807) is 0 Å². The number of halogens is 3. The summed E-state index contributed by atoms with van der Waals surface area (Å²) in [4.78, 5) is 0.